The molecule has 0 saturated carbocycles. The predicted octanol–water partition coefficient (Wildman–Crippen LogP) is 3.07. The van der Waals surface area contributed by atoms with Crippen molar-refractivity contribution in [1.29, 1.82) is 5.26 Å². The highest BCUT2D eigenvalue weighted by molar-refractivity contribution is 6.01. The minimum Gasteiger partial charge on any atom is -0.396 e. The van der Waals surface area contributed by atoms with Gasteiger partial charge in [0.2, 0.25) is 0 Å². The lowest BCUT2D eigenvalue weighted by atomic mass is 9.93. The fourth-order valence-electron chi connectivity index (χ4n) is 3.21. The average molecular weight is 320 g/mol. The van der Waals surface area contributed by atoms with Crippen molar-refractivity contribution in [3.05, 3.63) is 59.7 Å². The molecule has 2 aromatic rings. The summed E-state index contributed by atoms with van der Waals surface area (Å²) in [5.74, 6) is 0.290. The van der Waals surface area contributed by atoms with Crippen molar-refractivity contribution in [2.24, 2.45) is 5.92 Å². The molecule has 1 fully saturated rings. The smallest absolute Gasteiger partial charge is 0.254 e. The number of rotatable bonds is 3. The number of hydrogen-bond acceptors (Lipinski definition) is 3. The van der Waals surface area contributed by atoms with Gasteiger partial charge in [0, 0.05) is 30.8 Å². The minimum atomic E-state index is -0.00488. The Morgan fingerprint density at radius 3 is 2.38 bits per heavy atom. The molecule has 0 aromatic heterocycles. The van der Waals surface area contributed by atoms with E-state index in [9.17, 15) is 15.2 Å². The Morgan fingerprint density at radius 1 is 1.08 bits per heavy atom. The molecule has 0 unspecified atom stereocenters. The molecule has 1 N–H and O–H groups in total. The summed E-state index contributed by atoms with van der Waals surface area (Å²) in [5, 5.41) is 18.6. The number of aliphatic hydroxyl groups is 1. The second-order valence-electron chi connectivity index (χ2n) is 6.12. The van der Waals surface area contributed by atoms with Gasteiger partial charge in [-0.2, -0.15) is 5.26 Å². The molecule has 1 saturated heterocycles. The topological polar surface area (TPSA) is 64.3 Å². The number of likely N-dealkylation sites (tertiary alicyclic amines) is 1. The Kier molecular flexibility index (Phi) is 4.93. The van der Waals surface area contributed by atoms with Gasteiger partial charge in [0.15, 0.2) is 0 Å². The van der Waals surface area contributed by atoms with Crippen LogP contribution in [-0.2, 0) is 0 Å². The molecule has 1 heterocycles. The predicted molar refractivity (Wildman–Crippen MR) is 92.3 cm³/mol. The second-order valence-corrected chi connectivity index (χ2v) is 6.12. The van der Waals surface area contributed by atoms with Crippen molar-refractivity contribution in [2.75, 3.05) is 19.7 Å². The molecule has 0 aliphatic carbocycles. The van der Waals surface area contributed by atoms with E-state index < -0.39 is 0 Å². The molecule has 0 spiro atoms. The highest BCUT2D eigenvalue weighted by Gasteiger charge is 2.25. The monoisotopic (exact) mass is 320 g/mol. The summed E-state index contributed by atoms with van der Waals surface area (Å²) in [4.78, 5) is 14.8. The van der Waals surface area contributed by atoms with E-state index in [1.165, 1.54) is 0 Å². The minimum absolute atomic E-state index is 0.00488. The number of carbonyl (C=O) groups is 1. The summed E-state index contributed by atoms with van der Waals surface area (Å²) in [6.07, 6.45) is 1.67. The molecule has 24 heavy (non-hydrogen) atoms. The molecule has 1 amide bonds. The van der Waals surface area contributed by atoms with Crippen LogP contribution in [0.5, 0.6) is 0 Å². The van der Waals surface area contributed by atoms with E-state index in [2.05, 4.69) is 6.07 Å². The standard InChI is InChI=1S/C20H20N2O2/c21-13-16-5-1-2-6-17(16)18-7-3-4-8-19(18)20(24)22-11-9-15(14-23)10-12-22/h1-8,15,23H,9-12,14H2. The molecule has 4 nitrogen and oxygen atoms in total. The number of benzene rings is 2. The normalized spacial score (nSPS) is 15.1. The number of piperidine rings is 1. The Morgan fingerprint density at radius 2 is 1.71 bits per heavy atom. The molecule has 0 bridgehead atoms. The summed E-state index contributed by atoms with van der Waals surface area (Å²) in [5.41, 5.74) is 2.78. The lowest BCUT2D eigenvalue weighted by Crippen LogP contribution is -2.39. The summed E-state index contributed by atoms with van der Waals surface area (Å²) < 4.78 is 0. The number of nitriles is 1. The molecule has 122 valence electrons. The third kappa shape index (κ3) is 3.17. The zero-order chi connectivity index (χ0) is 16.9. The first-order valence-electron chi connectivity index (χ1n) is 8.23. The molecule has 0 atom stereocenters. The van der Waals surface area contributed by atoms with Crippen molar-refractivity contribution >= 4 is 5.91 Å². The summed E-state index contributed by atoms with van der Waals surface area (Å²) in [6, 6.07) is 17.0. The van der Waals surface area contributed by atoms with Gasteiger partial charge in [-0.25, -0.2) is 0 Å². The quantitative estimate of drug-likeness (QED) is 0.945. The van der Waals surface area contributed by atoms with Crippen molar-refractivity contribution in [3.8, 4) is 17.2 Å². The van der Waals surface area contributed by atoms with E-state index in [0.717, 1.165) is 24.0 Å². The third-order valence-electron chi connectivity index (χ3n) is 4.66. The largest absolute Gasteiger partial charge is 0.396 e. The number of amides is 1. The maximum Gasteiger partial charge on any atom is 0.254 e. The Labute approximate surface area is 142 Å². The molecule has 0 radical (unpaired) electrons. The van der Waals surface area contributed by atoms with Crippen LogP contribution >= 0.6 is 0 Å². The zero-order valence-electron chi connectivity index (χ0n) is 13.5. The van der Waals surface area contributed by atoms with Gasteiger partial charge in [0.05, 0.1) is 11.6 Å². The van der Waals surface area contributed by atoms with E-state index in [-0.39, 0.29) is 12.5 Å². The molecular weight excluding hydrogens is 300 g/mol. The maximum atomic E-state index is 13.0. The van der Waals surface area contributed by atoms with Crippen LogP contribution < -0.4 is 0 Å². The first kappa shape index (κ1) is 16.2. The SMILES string of the molecule is N#Cc1ccccc1-c1ccccc1C(=O)N1CCC(CO)CC1. The second kappa shape index (κ2) is 7.29. The van der Waals surface area contributed by atoms with Gasteiger partial charge in [-0.15, -0.1) is 0 Å². The first-order valence-corrected chi connectivity index (χ1v) is 8.23. The lowest BCUT2D eigenvalue weighted by Gasteiger charge is -2.31. The van der Waals surface area contributed by atoms with Gasteiger partial charge in [-0.05, 0) is 36.5 Å². The molecule has 1 aliphatic rings. The van der Waals surface area contributed by atoms with Gasteiger partial charge in [0.25, 0.3) is 5.91 Å². The van der Waals surface area contributed by atoms with Crippen LogP contribution in [0.25, 0.3) is 11.1 Å². The van der Waals surface area contributed by atoms with Gasteiger partial charge < -0.3 is 10.0 Å². The van der Waals surface area contributed by atoms with Crippen LogP contribution in [0.1, 0.15) is 28.8 Å². The van der Waals surface area contributed by atoms with Crippen molar-refractivity contribution in [3.63, 3.8) is 0 Å². The van der Waals surface area contributed by atoms with E-state index in [1.54, 1.807) is 6.07 Å². The fraction of sp³-hybridized carbons (Fsp3) is 0.300. The summed E-state index contributed by atoms with van der Waals surface area (Å²) in [7, 11) is 0. The van der Waals surface area contributed by atoms with Crippen LogP contribution in [0.4, 0.5) is 0 Å². The van der Waals surface area contributed by atoms with Crippen molar-refractivity contribution in [1.82, 2.24) is 4.90 Å². The number of hydrogen-bond donors (Lipinski definition) is 1. The molecule has 3 rings (SSSR count). The summed E-state index contributed by atoms with van der Waals surface area (Å²) in [6.45, 7) is 1.52. The van der Waals surface area contributed by atoms with Gasteiger partial charge in [-0.1, -0.05) is 36.4 Å². The first-order chi connectivity index (χ1) is 11.7. The Balaban J connectivity index is 1.93. The van der Waals surface area contributed by atoms with E-state index in [1.807, 2.05) is 47.4 Å². The van der Waals surface area contributed by atoms with E-state index in [4.69, 9.17) is 0 Å². The average Bonchev–Trinajstić information content (AvgIpc) is 2.67. The molecular formula is C20H20N2O2. The zero-order valence-corrected chi connectivity index (χ0v) is 13.5. The van der Waals surface area contributed by atoms with E-state index >= 15 is 0 Å². The van der Waals surface area contributed by atoms with Crippen molar-refractivity contribution < 1.29 is 9.90 Å². The molecule has 4 heteroatoms. The molecule has 2 aromatic carbocycles. The number of carbonyl (C=O) groups excluding carboxylic acids is 1. The van der Waals surface area contributed by atoms with Gasteiger partial charge in [0.1, 0.15) is 0 Å². The van der Waals surface area contributed by atoms with Crippen LogP contribution in [0, 0.1) is 17.2 Å². The highest BCUT2D eigenvalue weighted by atomic mass is 16.3. The maximum absolute atomic E-state index is 13.0. The Hall–Kier alpha value is -2.64. The van der Waals surface area contributed by atoms with Crippen LogP contribution in [0.3, 0.4) is 0 Å². The van der Waals surface area contributed by atoms with Crippen LogP contribution in [0.2, 0.25) is 0 Å². The van der Waals surface area contributed by atoms with Crippen LogP contribution in [0.15, 0.2) is 48.5 Å². The van der Waals surface area contributed by atoms with Gasteiger partial charge in [-0.3, -0.25) is 4.79 Å². The summed E-state index contributed by atoms with van der Waals surface area (Å²) >= 11 is 0. The van der Waals surface area contributed by atoms with Crippen molar-refractivity contribution in [2.45, 2.75) is 12.8 Å². The van der Waals surface area contributed by atoms with E-state index in [0.29, 0.717) is 30.1 Å². The lowest BCUT2D eigenvalue weighted by molar-refractivity contribution is 0.0651. The Bertz CT molecular complexity index is 771. The third-order valence-corrected chi connectivity index (χ3v) is 4.66. The molecule has 1 aliphatic heterocycles. The number of aliphatic hydroxyl groups excluding tert-OH is 1. The van der Waals surface area contributed by atoms with Gasteiger partial charge >= 0.3 is 0 Å². The number of nitrogens with zero attached hydrogens (tertiary/aromatic N) is 2. The fourth-order valence-corrected chi connectivity index (χ4v) is 3.21. The van der Waals surface area contributed by atoms with Crippen LogP contribution in [-0.4, -0.2) is 35.6 Å². The highest BCUT2D eigenvalue weighted by Crippen LogP contribution is 2.28.